The van der Waals surface area contributed by atoms with Crippen molar-refractivity contribution < 1.29 is 9.90 Å². The van der Waals surface area contributed by atoms with E-state index in [0.29, 0.717) is 17.9 Å². The van der Waals surface area contributed by atoms with Gasteiger partial charge in [0.05, 0.1) is 0 Å². The summed E-state index contributed by atoms with van der Waals surface area (Å²) in [7, 11) is 0. The number of hydrogen-bond donors (Lipinski definition) is 2. The third kappa shape index (κ3) is 6.71. The van der Waals surface area contributed by atoms with Crippen LogP contribution in [0.15, 0.2) is 30.3 Å². The van der Waals surface area contributed by atoms with E-state index in [4.69, 9.17) is 5.11 Å². The van der Waals surface area contributed by atoms with E-state index in [1.165, 1.54) is 5.56 Å². The van der Waals surface area contributed by atoms with Crippen LogP contribution in [0.4, 0.5) is 0 Å². The molecule has 0 amide bonds. The number of carboxylic acids is 1. The number of hydrogen-bond acceptors (Lipinski definition) is 3. The number of piperidine rings is 1. The van der Waals surface area contributed by atoms with Crippen molar-refractivity contribution in [3.8, 4) is 0 Å². The van der Waals surface area contributed by atoms with Crippen molar-refractivity contribution in [2.75, 3.05) is 19.6 Å². The first-order chi connectivity index (χ1) is 11.0. The molecule has 1 aromatic carbocycles. The van der Waals surface area contributed by atoms with Crippen molar-refractivity contribution in [2.45, 2.75) is 45.7 Å². The Morgan fingerprint density at radius 3 is 2.70 bits per heavy atom. The van der Waals surface area contributed by atoms with Crippen molar-refractivity contribution in [3.63, 3.8) is 0 Å². The zero-order chi connectivity index (χ0) is 16.7. The zero-order valence-corrected chi connectivity index (χ0v) is 14.4. The Bertz CT molecular complexity index is 476. The molecule has 0 aliphatic carbocycles. The average Bonchev–Trinajstić information content (AvgIpc) is 2.51. The summed E-state index contributed by atoms with van der Waals surface area (Å²) >= 11 is 0. The van der Waals surface area contributed by atoms with Crippen LogP contribution in [0, 0.1) is 11.8 Å². The molecule has 0 radical (unpaired) electrons. The molecule has 128 valence electrons. The van der Waals surface area contributed by atoms with Crippen LogP contribution in [0.1, 0.15) is 38.7 Å². The number of benzene rings is 1. The van der Waals surface area contributed by atoms with E-state index in [1.54, 1.807) is 0 Å². The standard InChI is InChI=1S/C19H30N2O2/c1-15(2)12-21-13-17(8-9-19(22)23)10-18(14-21)20-11-16-6-4-3-5-7-16/h3-7,15,17-18,20H,8-14H2,1-2H3,(H,22,23). The molecule has 2 atom stereocenters. The van der Waals surface area contributed by atoms with Crippen LogP contribution in [0.2, 0.25) is 0 Å². The summed E-state index contributed by atoms with van der Waals surface area (Å²) in [6, 6.07) is 10.9. The molecule has 2 N–H and O–H groups in total. The molecule has 0 spiro atoms. The third-order valence-electron chi connectivity index (χ3n) is 4.44. The van der Waals surface area contributed by atoms with E-state index in [9.17, 15) is 4.79 Å². The van der Waals surface area contributed by atoms with Crippen molar-refractivity contribution in [2.24, 2.45) is 11.8 Å². The zero-order valence-electron chi connectivity index (χ0n) is 14.4. The number of likely N-dealkylation sites (tertiary alicyclic amines) is 1. The lowest BCUT2D eigenvalue weighted by Gasteiger charge is -2.39. The molecule has 4 nitrogen and oxygen atoms in total. The monoisotopic (exact) mass is 318 g/mol. The van der Waals surface area contributed by atoms with Gasteiger partial charge in [-0.15, -0.1) is 0 Å². The number of nitrogens with one attached hydrogen (secondary N) is 1. The first kappa shape index (κ1) is 18.0. The van der Waals surface area contributed by atoms with Crippen molar-refractivity contribution in [1.82, 2.24) is 10.2 Å². The van der Waals surface area contributed by atoms with Gasteiger partial charge >= 0.3 is 5.97 Å². The van der Waals surface area contributed by atoms with Gasteiger partial charge < -0.3 is 15.3 Å². The van der Waals surface area contributed by atoms with Gasteiger partial charge in [0.1, 0.15) is 0 Å². The van der Waals surface area contributed by atoms with Crippen LogP contribution in [0.3, 0.4) is 0 Å². The van der Waals surface area contributed by atoms with Crippen molar-refractivity contribution >= 4 is 5.97 Å². The van der Waals surface area contributed by atoms with Crippen LogP contribution >= 0.6 is 0 Å². The second kappa shape index (κ2) is 9.04. The molecule has 0 bridgehead atoms. The summed E-state index contributed by atoms with van der Waals surface area (Å²) in [6.07, 6.45) is 2.15. The van der Waals surface area contributed by atoms with Gasteiger partial charge in [-0.3, -0.25) is 4.79 Å². The minimum atomic E-state index is -0.681. The Kier molecular flexibility index (Phi) is 7.06. The summed E-state index contributed by atoms with van der Waals surface area (Å²) in [6.45, 7) is 8.56. The smallest absolute Gasteiger partial charge is 0.303 e. The quantitative estimate of drug-likeness (QED) is 0.774. The maximum atomic E-state index is 10.9. The molecular formula is C19H30N2O2. The Hall–Kier alpha value is -1.39. The average molecular weight is 318 g/mol. The normalized spacial score (nSPS) is 22.4. The number of nitrogens with zero attached hydrogens (tertiary/aromatic N) is 1. The molecule has 1 fully saturated rings. The lowest BCUT2D eigenvalue weighted by atomic mass is 9.89. The molecule has 1 aliphatic heterocycles. The van der Waals surface area contributed by atoms with Crippen LogP contribution in [-0.2, 0) is 11.3 Å². The summed E-state index contributed by atoms with van der Waals surface area (Å²) in [4.78, 5) is 13.4. The second-order valence-electron chi connectivity index (χ2n) is 7.21. The Morgan fingerprint density at radius 1 is 1.30 bits per heavy atom. The first-order valence-corrected chi connectivity index (χ1v) is 8.74. The molecule has 1 heterocycles. The van der Waals surface area contributed by atoms with E-state index >= 15 is 0 Å². The predicted molar refractivity (Wildman–Crippen MR) is 93.3 cm³/mol. The highest BCUT2D eigenvalue weighted by Crippen LogP contribution is 2.22. The lowest BCUT2D eigenvalue weighted by Crippen LogP contribution is -2.50. The van der Waals surface area contributed by atoms with Crippen LogP contribution in [0.5, 0.6) is 0 Å². The number of carboxylic acid groups (broad SMARTS) is 1. The highest BCUT2D eigenvalue weighted by molar-refractivity contribution is 5.66. The predicted octanol–water partition coefficient (Wildman–Crippen LogP) is 2.99. The third-order valence-corrected chi connectivity index (χ3v) is 4.44. The molecule has 1 aliphatic rings. The van der Waals surface area contributed by atoms with Gasteiger partial charge in [0.25, 0.3) is 0 Å². The van der Waals surface area contributed by atoms with E-state index in [2.05, 4.69) is 48.3 Å². The molecule has 2 rings (SSSR count). The summed E-state index contributed by atoms with van der Waals surface area (Å²) < 4.78 is 0. The summed E-state index contributed by atoms with van der Waals surface area (Å²) in [5.41, 5.74) is 1.30. The van der Waals surface area contributed by atoms with Crippen molar-refractivity contribution in [1.29, 1.82) is 0 Å². The maximum Gasteiger partial charge on any atom is 0.303 e. The van der Waals surface area contributed by atoms with Gasteiger partial charge in [-0.05, 0) is 30.2 Å². The first-order valence-electron chi connectivity index (χ1n) is 8.74. The SMILES string of the molecule is CC(C)CN1CC(CCC(=O)O)CC(NCc2ccccc2)C1. The van der Waals surface area contributed by atoms with E-state index in [0.717, 1.165) is 39.0 Å². The van der Waals surface area contributed by atoms with E-state index < -0.39 is 5.97 Å². The Morgan fingerprint density at radius 2 is 2.04 bits per heavy atom. The molecule has 0 aromatic heterocycles. The Balaban J connectivity index is 1.89. The maximum absolute atomic E-state index is 10.9. The van der Waals surface area contributed by atoms with Gasteiger partial charge in [-0.1, -0.05) is 44.2 Å². The van der Waals surface area contributed by atoms with E-state index in [-0.39, 0.29) is 6.42 Å². The molecule has 2 unspecified atom stereocenters. The van der Waals surface area contributed by atoms with Crippen molar-refractivity contribution in [3.05, 3.63) is 35.9 Å². The summed E-state index contributed by atoms with van der Waals surface area (Å²) in [5.74, 6) is 0.439. The molecular weight excluding hydrogens is 288 g/mol. The van der Waals surface area contributed by atoms with Crippen LogP contribution in [0.25, 0.3) is 0 Å². The minimum Gasteiger partial charge on any atom is -0.481 e. The molecule has 0 saturated carbocycles. The highest BCUT2D eigenvalue weighted by Gasteiger charge is 2.27. The molecule has 4 heteroatoms. The molecule has 23 heavy (non-hydrogen) atoms. The fourth-order valence-corrected chi connectivity index (χ4v) is 3.51. The number of carbonyl (C=O) groups is 1. The molecule has 1 aromatic rings. The highest BCUT2D eigenvalue weighted by atomic mass is 16.4. The van der Waals surface area contributed by atoms with Gasteiger partial charge in [-0.25, -0.2) is 0 Å². The van der Waals surface area contributed by atoms with Crippen LogP contribution in [-0.4, -0.2) is 41.7 Å². The van der Waals surface area contributed by atoms with Gasteiger partial charge in [-0.2, -0.15) is 0 Å². The summed E-state index contributed by atoms with van der Waals surface area (Å²) in [5, 5.41) is 12.6. The van der Waals surface area contributed by atoms with E-state index in [1.807, 2.05) is 6.07 Å². The van der Waals surface area contributed by atoms with Gasteiger partial charge in [0, 0.05) is 38.6 Å². The minimum absolute atomic E-state index is 0.283. The van der Waals surface area contributed by atoms with Gasteiger partial charge in [0.2, 0.25) is 0 Å². The largest absolute Gasteiger partial charge is 0.481 e. The number of rotatable bonds is 8. The van der Waals surface area contributed by atoms with Gasteiger partial charge in [0.15, 0.2) is 0 Å². The van der Waals surface area contributed by atoms with Crippen LogP contribution < -0.4 is 5.32 Å². The Labute approximate surface area is 139 Å². The molecule has 1 saturated heterocycles. The topological polar surface area (TPSA) is 52.6 Å². The fourth-order valence-electron chi connectivity index (χ4n) is 3.51. The fraction of sp³-hybridized carbons (Fsp3) is 0.632. The second-order valence-corrected chi connectivity index (χ2v) is 7.21. The number of aliphatic carboxylic acids is 1. The lowest BCUT2D eigenvalue weighted by molar-refractivity contribution is -0.137.